The Morgan fingerprint density at radius 3 is 2.65 bits per heavy atom. The third-order valence-corrected chi connectivity index (χ3v) is 3.37. The molecule has 0 unspecified atom stereocenters. The maximum Gasteiger partial charge on any atom is 0.176 e. The molecule has 0 saturated carbocycles. The van der Waals surface area contributed by atoms with E-state index < -0.39 is 0 Å². The van der Waals surface area contributed by atoms with Crippen LogP contribution < -0.4 is 0 Å². The maximum absolute atomic E-state index is 5.94. The first-order valence-corrected chi connectivity index (χ1v) is 7.60. The van der Waals surface area contributed by atoms with Gasteiger partial charge in [-0.15, -0.1) is 15.3 Å². The van der Waals surface area contributed by atoms with Crippen LogP contribution in [0.15, 0.2) is 24.7 Å². The van der Waals surface area contributed by atoms with E-state index in [-0.39, 0.29) is 5.54 Å². The van der Waals surface area contributed by atoms with E-state index in [1.165, 1.54) is 0 Å². The molecule has 3 aromatic heterocycles. The zero-order valence-corrected chi connectivity index (χ0v) is 13.9. The van der Waals surface area contributed by atoms with E-state index in [1.54, 1.807) is 27.9 Å². The number of nitrogens with zero attached hydrogens (tertiary/aromatic N) is 8. The molecule has 0 aliphatic carbocycles. The zero-order chi connectivity index (χ0) is 16.4. The number of pyridine rings is 1. The third kappa shape index (κ3) is 3.70. The number of hydrogen-bond acceptors (Lipinski definition) is 6. The van der Waals surface area contributed by atoms with Crippen LogP contribution >= 0.6 is 11.6 Å². The molecule has 9 heteroatoms. The second-order valence-electron chi connectivity index (χ2n) is 6.17. The summed E-state index contributed by atoms with van der Waals surface area (Å²) in [6, 6.07) is 1.80. The van der Waals surface area contributed by atoms with Gasteiger partial charge < -0.3 is 0 Å². The standard InChI is InChI=1S/C14H17ClN8/c1-14(2,3)23-19-13(18-21-23)4-5-22-9-12(17-20-22)10-6-11(15)8-16-7-10/h6-9H,4-5H2,1-3H3. The molecule has 0 spiro atoms. The van der Waals surface area contributed by atoms with Crippen molar-refractivity contribution in [2.45, 2.75) is 39.3 Å². The Labute approximate surface area is 138 Å². The van der Waals surface area contributed by atoms with Crippen LogP contribution in [0, 0.1) is 0 Å². The quantitative estimate of drug-likeness (QED) is 0.726. The molecule has 0 aromatic carbocycles. The van der Waals surface area contributed by atoms with Crippen molar-refractivity contribution in [1.29, 1.82) is 0 Å². The van der Waals surface area contributed by atoms with Crippen LogP contribution in [0.3, 0.4) is 0 Å². The summed E-state index contributed by atoms with van der Waals surface area (Å²) in [4.78, 5) is 5.67. The molecule has 120 valence electrons. The van der Waals surface area contributed by atoms with Gasteiger partial charge in [-0.3, -0.25) is 9.67 Å². The summed E-state index contributed by atoms with van der Waals surface area (Å²) in [5, 5.41) is 21.3. The molecule has 3 rings (SSSR count). The Morgan fingerprint density at radius 1 is 1.13 bits per heavy atom. The van der Waals surface area contributed by atoms with E-state index in [0.29, 0.717) is 23.8 Å². The van der Waals surface area contributed by atoms with Gasteiger partial charge in [0.05, 0.1) is 16.8 Å². The van der Waals surface area contributed by atoms with Crippen LogP contribution in [0.5, 0.6) is 0 Å². The van der Waals surface area contributed by atoms with Crippen LogP contribution in [0.2, 0.25) is 5.02 Å². The highest BCUT2D eigenvalue weighted by Gasteiger charge is 2.16. The van der Waals surface area contributed by atoms with E-state index in [0.717, 1.165) is 11.3 Å². The van der Waals surface area contributed by atoms with Crippen molar-refractivity contribution in [2.24, 2.45) is 0 Å². The molecule has 0 bridgehead atoms. The van der Waals surface area contributed by atoms with E-state index in [9.17, 15) is 0 Å². The smallest absolute Gasteiger partial charge is 0.176 e. The van der Waals surface area contributed by atoms with Crippen molar-refractivity contribution in [2.75, 3.05) is 0 Å². The van der Waals surface area contributed by atoms with Gasteiger partial charge in [-0.25, -0.2) is 0 Å². The molecule has 0 radical (unpaired) electrons. The highest BCUT2D eigenvalue weighted by molar-refractivity contribution is 6.30. The fraction of sp³-hybridized carbons (Fsp3) is 0.429. The molecule has 0 saturated heterocycles. The van der Waals surface area contributed by atoms with Gasteiger partial charge in [0.2, 0.25) is 0 Å². The second-order valence-corrected chi connectivity index (χ2v) is 6.61. The fourth-order valence-electron chi connectivity index (χ4n) is 1.93. The van der Waals surface area contributed by atoms with E-state index in [2.05, 4.69) is 30.7 Å². The average molecular weight is 333 g/mol. The van der Waals surface area contributed by atoms with Crippen LogP contribution in [0.1, 0.15) is 26.6 Å². The van der Waals surface area contributed by atoms with Crippen molar-refractivity contribution in [3.63, 3.8) is 0 Å². The Bertz CT molecular complexity index is 801. The number of tetrazole rings is 1. The molecule has 3 aromatic rings. The molecule has 0 amide bonds. The Kier molecular flexibility index (Phi) is 4.08. The van der Waals surface area contributed by atoms with Crippen molar-refractivity contribution < 1.29 is 0 Å². The van der Waals surface area contributed by atoms with Crippen molar-refractivity contribution in [3.8, 4) is 11.3 Å². The first-order valence-electron chi connectivity index (χ1n) is 7.22. The predicted molar refractivity (Wildman–Crippen MR) is 84.8 cm³/mol. The SMILES string of the molecule is CC(C)(C)n1nnc(CCn2cc(-c3cncc(Cl)c3)nn2)n1. The summed E-state index contributed by atoms with van der Waals surface area (Å²) >= 11 is 5.94. The average Bonchev–Trinajstić information content (AvgIpc) is 3.14. The molecule has 0 N–H and O–H groups in total. The minimum Gasteiger partial charge on any atom is -0.262 e. The molecule has 3 heterocycles. The molecule has 8 nitrogen and oxygen atoms in total. The highest BCUT2D eigenvalue weighted by atomic mass is 35.5. The second kappa shape index (κ2) is 6.04. The van der Waals surface area contributed by atoms with Gasteiger partial charge in [0.1, 0.15) is 5.69 Å². The van der Waals surface area contributed by atoms with Crippen molar-refractivity contribution in [1.82, 2.24) is 40.2 Å². The van der Waals surface area contributed by atoms with Gasteiger partial charge >= 0.3 is 0 Å². The largest absolute Gasteiger partial charge is 0.262 e. The first kappa shape index (κ1) is 15.5. The Hall–Kier alpha value is -2.35. The van der Waals surface area contributed by atoms with Crippen molar-refractivity contribution in [3.05, 3.63) is 35.5 Å². The molecular formula is C14H17ClN8. The minimum atomic E-state index is -0.175. The molecule has 0 aliphatic heterocycles. The number of rotatable bonds is 4. The molecule has 23 heavy (non-hydrogen) atoms. The topological polar surface area (TPSA) is 87.2 Å². The number of halogens is 1. The van der Waals surface area contributed by atoms with Crippen LogP contribution in [-0.4, -0.2) is 40.2 Å². The minimum absolute atomic E-state index is 0.175. The maximum atomic E-state index is 5.94. The summed E-state index contributed by atoms with van der Waals surface area (Å²) < 4.78 is 1.74. The van der Waals surface area contributed by atoms with Crippen LogP contribution in [0.4, 0.5) is 0 Å². The summed E-state index contributed by atoms with van der Waals surface area (Å²) in [5.74, 6) is 0.682. The van der Waals surface area contributed by atoms with Crippen molar-refractivity contribution >= 4 is 11.6 Å². The van der Waals surface area contributed by atoms with Gasteiger partial charge in [-0.05, 0) is 32.1 Å². The van der Waals surface area contributed by atoms with Gasteiger partial charge in [0.15, 0.2) is 5.82 Å². The lowest BCUT2D eigenvalue weighted by molar-refractivity contribution is 0.305. The normalized spacial score (nSPS) is 11.8. The summed E-state index contributed by atoms with van der Waals surface area (Å²) in [6.45, 7) is 6.71. The lowest BCUT2D eigenvalue weighted by Crippen LogP contribution is -2.24. The fourth-order valence-corrected chi connectivity index (χ4v) is 2.11. The number of aromatic nitrogens is 8. The van der Waals surface area contributed by atoms with Gasteiger partial charge in [-0.1, -0.05) is 16.8 Å². The van der Waals surface area contributed by atoms with E-state index >= 15 is 0 Å². The van der Waals surface area contributed by atoms with Gasteiger partial charge in [-0.2, -0.15) is 4.80 Å². The summed E-state index contributed by atoms with van der Waals surface area (Å²) in [7, 11) is 0. The summed E-state index contributed by atoms with van der Waals surface area (Å²) in [6.07, 6.45) is 5.77. The molecular weight excluding hydrogens is 316 g/mol. The lowest BCUT2D eigenvalue weighted by Gasteiger charge is -2.15. The predicted octanol–water partition coefficient (Wildman–Crippen LogP) is 1.98. The monoisotopic (exact) mass is 332 g/mol. The van der Waals surface area contributed by atoms with Gasteiger partial charge in [0.25, 0.3) is 0 Å². The zero-order valence-electron chi connectivity index (χ0n) is 13.2. The lowest BCUT2D eigenvalue weighted by atomic mass is 10.1. The van der Waals surface area contributed by atoms with E-state index in [1.807, 2.05) is 27.0 Å². The number of hydrogen-bond donors (Lipinski definition) is 0. The first-order chi connectivity index (χ1) is 10.9. The van der Waals surface area contributed by atoms with Crippen LogP contribution in [-0.2, 0) is 18.5 Å². The van der Waals surface area contributed by atoms with Crippen LogP contribution in [0.25, 0.3) is 11.3 Å². The Balaban J connectivity index is 1.67. The van der Waals surface area contributed by atoms with Gasteiger partial charge in [0, 0.05) is 30.9 Å². The molecule has 0 atom stereocenters. The Morgan fingerprint density at radius 2 is 1.96 bits per heavy atom. The van der Waals surface area contributed by atoms with E-state index in [4.69, 9.17) is 11.6 Å². The highest BCUT2D eigenvalue weighted by Crippen LogP contribution is 2.18. The molecule has 0 fully saturated rings. The third-order valence-electron chi connectivity index (χ3n) is 3.16. The molecule has 0 aliphatic rings. The number of aryl methyl sites for hydroxylation is 2. The summed E-state index contributed by atoms with van der Waals surface area (Å²) in [5.41, 5.74) is 1.39.